The van der Waals surface area contributed by atoms with E-state index in [-0.39, 0.29) is 144 Å². The Morgan fingerprint density at radius 3 is 0.919 bits per heavy atom. The first kappa shape index (κ1) is 116. The molecule has 0 radical (unpaired) electrons. The van der Waals surface area contributed by atoms with Crippen molar-refractivity contribution in [2.45, 2.75) is 126 Å². The van der Waals surface area contributed by atoms with E-state index in [9.17, 15) is 81.8 Å². The Morgan fingerprint density at radius 1 is 0.412 bits per heavy atom. The molecule has 14 N–H and O–H groups in total. The number of ether oxygens (including phenoxy) is 6. The molecule has 0 saturated carbocycles. The first-order valence-corrected chi connectivity index (χ1v) is 42.7. The number of carboxylic acid groups (broad SMARTS) is 1. The summed E-state index contributed by atoms with van der Waals surface area (Å²) in [6, 6.07) is 54.9. The molecule has 0 aliphatic carbocycles. The number of nitrogens with one attached hydrogen (secondary N) is 9. The van der Waals surface area contributed by atoms with Crippen molar-refractivity contribution in [1.82, 2.24) is 56.8 Å². The zero-order valence-electron chi connectivity index (χ0n) is 77.0. The van der Waals surface area contributed by atoms with E-state index in [1.54, 1.807) is 203 Å². The number of alkyl carbamates (subject to hydrolysis) is 1. The monoisotopic (exact) mass is 1900 g/mol. The first-order chi connectivity index (χ1) is 64.0. The second-order valence-corrected chi connectivity index (χ2v) is 30.8. The zero-order valence-corrected chi connectivity index (χ0v) is 77.8. The van der Waals surface area contributed by atoms with E-state index >= 15 is 0 Å². The summed E-state index contributed by atoms with van der Waals surface area (Å²) < 4.78 is 29.3. The minimum Gasteiger partial charge on any atom is -0.870 e. The molecule has 728 valence electrons. The molecule has 6 heterocycles. The quantitative estimate of drug-likeness (QED) is 0.0152. The third-order valence-corrected chi connectivity index (χ3v) is 20.1. The van der Waals surface area contributed by atoms with Gasteiger partial charge in [-0.15, -0.1) is 12.4 Å². The molecule has 136 heavy (non-hydrogen) atoms. The van der Waals surface area contributed by atoms with Crippen LogP contribution < -0.4 is 72.4 Å². The Morgan fingerprint density at radius 2 is 0.669 bits per heavy atom. The van der Waals surface area contributed by atoms with E-state index < -0.39 is 108 Å². The molecule has 7 aromatic rings. The van der Waals surface area contributed by atoms with E-state index in [4.69, 9.17) is 39.3 Å². The van der Waals surface area contributed by atoms with Gasteiger partial charge in [0, 0.05) is 143 Å². The van der Waals surface area contributed by atoms with Crippen LogP contribution in [0.1, 0.15) is 114 Å². The molecule has 0 bridgehead atoms. The summed E-state index contributed by atoms with van der Waals surface area (Å²) in [7, 11) is 4.75. The smallest absolute Gasteiger partial charge is 0.870 e. The number of anilines is 2. The number of hydrogen-bond acceptors (Lipinski definition) is 26. The summed E-state index contributed by atoms with van der Waals surface area (Å²) >= 11 is 0. The van der Waals surface area contributed by atoms with Crippen LogP contribution in [0.5, 0.6) is 0 Å². The van der Waals surface area contributed by atoms with Crippen LogP contribution in [0.2, 0.25) is 0 Å². The van der Waals surface area contributed by atoms with E-state index in [1.807, 2.05) is 30.3 Å². The number of urea groups is 2. The third-order valence-electron chi connectivity index (χ3n) is 20.1. The van der Waals surface area contributed by atoms with Crippen LogP contribution in [-0.2, 0) is 71.6 Å². The zero-order chi connectivity index (χ0) is 97.0. The fourth-order valence-corrected chi connectivity index (χ4v) is 13.8. The summed E-state index contributed by atoms with van der Waals surface area (Å²) in [6.07, 6.45) is 6.71. The number of carbonyl (C=O) groups is 15. The normalized spacial score (nSPS) is 17.6. The number of amides is 13. The number of aliphatic carboxylic acids is 1. The van der Waals surface area contributed by atoms with Gasteiger partial charge >= 0.3 is 60.9 Å². The fraction of sp³-hybridized carbons (Fsp3) is 0.383. The Labute approximate surface area is 806 Å². The number of likely N-dealkylation sites (tertiary alicyclic amines) is 4. The molecule has 0 aromatic heterocycles. The second-order valence-electron chi connectivity index (χ2n) is 30.8. The van der Waals surface area contributed by atoms with Crippen LogP contribution in [0.4, 0.5) is 31.4 Å². The van der Waals surface area contributed by atoms with Crippen LogP contribution in [0.15, 0.2) is 217 Å². The predicted molar refractivity (Wildman–Crippen MR) is 497 cm³/mol. The van der Waals surface area contributed by atoms with Crippen molar-refractivity contribution in [2.75, 3.05) is 118 Å². The van der Waals surface area contributed by atoms with Gasteiger partial charge in [-0.1, -0.05) is 127 Å². The number of carboxylic acids is 1. The van der Waals surface area contributed by atoms with Crippen molar-refractivity contribution in [1.29, 1.82) is 0 Å². The molecule has 40 nitrogen and oxygen atoms in total. The number of benzene rings is 7. The number of isocyanates is 1. The minimum atomic E-state index is -1.16. The molecule has 6 saturated heterocycles. The van der Waals surface area contributed by atoms with Gasteiger partial charge < -0.3 is 117 Å². The molecular formula is C94H119ClLiN15O25. The van der Waals surface area contributed by atoms with Crippen LogP contribution in [0, 0.1) is 0 Å². The standard InChI is InChI=1S/C22H24N4O5.C21H22N4O5.C20H27N3O6.C15H19N3O4.C7H5NO.2C4H8O.CH4O.ClH.Li.H2O/c1-31-21(29)18-12-17(24-20(28)15-8-4-2-5-9-15)14-26(18)19(27)13-23-22(30)25-16-10-6-3-7-11-16;26-18(12-22-21(30)24-15-9-5-2-6-10-15)25-13-16(11-17(25)20(28)29)23-19(27)14-7-3-1-4-8-14;1-20(2,3)29-19(27)21-11-16(24)23-12-14(10-15(23)18(26)28-4)22-17(25)13-8-6-5-7-9-13;1-22-15(21)12-7-11(9-18(12)13(19)8-16)17-14(20)10-5-3-2-4-6-10;9-6-8-7-4-2-1-3-5-7;2*1-2-4-5-3-1;1-2;;;/h2-11,17-18H,12-14H2,1H3,(H,24,28)(H2,23,25,30);1-10,16-17H,11-13H2,(H,23,27)(H,28,29)(H2,22,24,30);5-9,14-15H,10-12H2,1-4H3,(H,21,27)(H,22,25);2-6,11-12H,7-9,16H2,1H3,(H,17,20);1-5H;2*1-4H2;2H,1H3;1H;;1H2/q;;;;;;;;;+1;/p-1/t17-,18+;16-,17+;14-,15+;11-,12+;;;;;;;/m1111......./s1. The molecule has 0 spiro atoms. The fourth-order valence-electron chi connectivity index (χ4n) is 13.8. The Bertz CT molecular complexity index is 4890. The molecule has 6 aliphatic rings. The van der Waals surface area contributed by atoms with Crippen LogP contribution in [0.25, 0.3) is 0 Å². The number of aliphatic hydroxyl groups excluding tert-OH is 1. The molecule has 13 amide bonds. The van der Waals surface area contributed by atoms with Crippen LogP contribution in [0.3, 0.4) is 0 Å². The summed E-state index contributed by atoms with van der Waals surface area (Å²) in [5.41, 5.74) is 8.42. The molecule has 6 fully saturated rings. The van der Waals surface area contributed by atoms with Gasteiger partial charge in [0.15, 0.2) is 0 Å². The van der Waals surface area contributed by atoms with Crippen molar-refractivity contribution in [3.8, 4) is 0 Å². The van der Waals surface area contributed by atoms with Crippen molar-refractivity contribution >= 4 is 125 Å². The van der Waals surface area contributed by atoms with Crippen molar-refractivity contribution < 1.29 is 140 Å². The van der Waals surface area contributed by atoms with Gasteiger partial charge in [-0.25, -0.2) is 38.4 Å². The number of hydrogen-bond donors (Lipinski definition) is 12. The average Bonchev–Trinajstić information content (AvgIpc) is 1.70. The van der Waals surface area contributed by atoms with Gasteiger partial charge in [-0.2, -0.15) is 4.99 Å². The number of aliphatic imine (C=N–C) groups is 1. The molecule has 6 aliphatic heterocycles. The van der Waals surface area contributed by atoms with Crippen LogP contribution in [-0.4, -0.2) is 292 Å². The predicted octanol–water partition coefficient (Wildman–Crippen LogP) is 3.38. The van der Waals surface area contributed by atoms with Gasteiger partial charge in [0.1, 0.15) is 36.3 Å². The number of aliphatic hydroxyl groups is 1. The molecule has 7 aromatic carbocycles. The summed E-state index contributed by atoms with van der Waals surface area (Å²) in [5.74, 6) is -5.76. The number of halogens is 1. The Hall–Kier alpha value is -13.9. The Kier molecular flexibility index (Phi) is 54.1. The van der Waals surface area contributed by atoms with Crippen molar-refractivity contribution in [3.63, 3.8) is 0 Å². The number of carbonyl (C=O) groups excluding carboxylic acids is 15. The Balaban J connectivity index is 0.000000432. The second kappa shape index (κ2) is 63.3. The summed E-state index contributed by atoms with van der Waals surface area (Å²) in [4.78, 5) is 201. The van der Waals surface area contributed by atoms with Gasteiger partial charge in [0.05, 0.1) is 46.7 Å². The van der Waals surface area contributed by atoms with Crippen LogP contribution >= 0.6 is 12.4 Å². The number of para-hydroxylation sites is 3. The molecule has 13 rings (SSSR count). The van der Waals surface area contributed by atoms with E-state index in [2.05, 4.69) is 52.8 Å². The maximum absolute atomic E-state index is 12.7. The van der Waals surface area contributed by atoms with E-state index in [1.165, 1.54) is 72.7 Å². The van der Waals surface area contributed by atoms with Gasteiger partial charge in [0.25, 0.3) is 23.6 Å². The third kappa shape index (κ3) is 41.3. The van der Waals surface area contributed by atoms with Gasteiger partial charge in [-0.05, 0) is 131 Å². The van der Waals surface area contributed by atoms with Gasteiger partial charge in [0.2, 0.25) is 29.7 Å². The number of esters is 3. The van der Waals surface area contributed by atoms with Gasteiger partial charge in [-0.3, -0.25) is 38.4 Å². The number of nitrogens with zero attached hydrogens (tertiary/aromatic N) is 5. The molecular weight excluding hydrogens is 1780 g/mol. The van der Waals surface area contributed by atoms with E-state index in [0.717, 1.165) is 33.5 Å². The average molecular weight is 1900 g/mol. The number of rotatable bonds is 22. The number of methoxy groups -OCH3 is 3. The van der Waals surface area contributed by atoms with E-state index in [0.29, 0.717) is 45.7 Å². The summed E-state index contributed by atoms with van der Waals surface area (Å²) in [5, 5.41) is 40.2. The largest absolute Gasteiger partial charge is 1.00 e. The summed E-state index contributed by atoms with van der Waals surface area (Å²) in [6.45, 7) is 8.52. The molecule has 42 heteroatoms. The van der Waals surface area contributed by atoms with Crippen molar-refractivity contribution in [3.05, 3.63) is 235 Å². The first-order valence-electron chi connectivity index (χ1n) is 42.7. The maximum Gasteiger partial charge on any atom is 1.00 e. The minimum absolute atomic E-state index is 0. The molecule has 8 atom stereocenters. The molecule has 0 unspecified atom stereocenters. The topological polar surface area (TPSA) is 559 Å². The number of nitrogens with two attached hydrogens (primary N) is 1. The SMILES string of the molecule is C1CCOC1.C1CCOC1.CO.COC(=O)[C@@H]1C[C@@H](NC(=O)c2ccccc2)CN1C(=O)CN.COC(=O)[C@@H]1C[C@@H](NC(=O)c2ccccc2)CN1C(=O)CNC(=O)Nc1ccccc1.COC(=O)[C@@H]1C[C@@H](NC(=O)c2ccccc2)CN1C(=O)CNC(=O)OC(C)(C)C.Cl.O=C(NCC(=O)N1C[C@H](NC(=O)c2ccccc2)C[C@H]1C(=O)O)Nc1ccccc1.O=C=Nc1ccccc1.[Li+].[OH-]. The maximum atomic E-state index is 12.7. The van der Waals surface area contributed by atoms with Crippen molar-refractivity contribution in [2.24, 2.45) is 10.7 Å².